The maximum absolute atomic E-state index is 12.2. The summed E-state index contributed by atoms with van der Waals surface area (Å²) >= 11 is 1.48. The van der Waals surface area contributed by atoms with Gasteiger partial charge in [0.1, 0.15) is 5.70 Å². The van der Waals surface area contributed by atoms with Crippen molar-refractivity contribution in [2.24, 2.45) is 5.92 Å². The normalized spacial score (nSPS) is 34.1. The molecule has 0 bridgehead atoms. The van der Waals surface area contributed by atoms with Crippen LogP contribution in [0.4, 0.5) is 0 Å². The Hall–Kier alpha value is -1.13. The van der Waals surface area contributed by atoms with Crippen LogP contribution in [0.1, 0.15) is 19.8 Å². The lowest BCUT2D eigenvalue weighted by atomic mass is 9.83. The zero-order valence-electron chi connectivity index (χ0n) is 14.3. The number of hydrogen-bond acceptors (Lipinski definition) is 7. The van der Waals surface area contributed by atoms with Crippen LogP contribution < -0.4 is 10.6 Å². The minimum absolute atomic E-state index is 0.0240. The fourth-order valence-corrected chi connectivity index (χ4v) is 5.45. The van der Waals surface area contributed by atoms with Crippen LogP contribution in [-0.2, 0) is 9.59 Å². The minimum Gasteiger partial charge on any atom is -0.477 e. The number of β-lactam (4-membered cyclic amide) rings is 1. The second-order valence-corrected chi connectivity index (χ2v) is 8.33. The molecule has 0 unspecified atom stereocenters. The number of hydrogen-bond donors (Lipinski definition) is 5. The van der Waals surface area contributed by atoms with Gasteiger partial charge >= 0.3 is 5.97 Å². The Balaban J connectivity index is 1.68. The Labute approximate surface area is 150 Å². The number of amides is 1. The molecule has 9 heteroatoms. The highest BCUT2D eigenvalue weighted by Gasteiger charge is 2.57. The quantitative estimate of drug-likeness (QED) is 0.359. The lowest BCUT2D eigenvalue weighted by Crippen LogP contribution is -2.61. The number of rotatable bonds is 7. The van der Waals surface area contributed by atoms with Gasteiger partial charge < -0.3 is 30.9 Å². The van der Waals surface area contributed by atoms with E-state index >= 15 is 0 Å². The van der Waals surface area contributed by atoms with Gasteiger partial charge in [0.15, 0.2) is 0 Å². The van der Waals surface area contributed by atoms with E-state index in [1.807, 2.05) is 0 Å². The van der Waals surface area contributed by atoms with Crippen LogP contribution in [0.2, 0.25) is 0 Å². The number of carboxylic acid groups (broad SMARTS) is 1. The van der Waals surface area contributed by atoms with E-state index in [-0.39, 0.29) is 28.9 Å². The maximum Gasteiger partial charge on any atom is 0.353 e. The largest absolute Gasteiger partial charge is 0.477 e. The number of fused-ring (bicyclic) bond motifs is 1. The average Bonchev–Trinajstić information content (AvgIpc) is 3.10. The van der Waals surface area contributed by atoms with Gasteiger partial charge in [0.2, 0.25) is 5.91 Å². The van der Waals surface area contributed by atoms with Gasteiger partial charge in [0, 0.05) is 35.7 Å². The zero-order valence-corrected chi connectivity index (χ0v) is 15.1. The highest BCUT2D eigenvalue weighted by Crippen LogP contribution is 2.48. The first-order valence-electron chi connectivity index (χ1n) is 8.55. The van der Waals surface area contributed by atoms with Gasteiger partial charge in [-0.1, -0.05) is 0 Å². The molecule has 0 aliphatic carbocycles. The van der Waals surface area contributed by atoms with Crippen LogP contribution in [0.15, 0.2) is 10.6 Å². The van der Waals surface area contributed by atoms with Crippen LogP contribution in [0, 0.1) is 5.92 Å². The van der Waals surface area contributed by atoms with Crippen molar-refractivity contribution in [2.75, 3.05) is 20.1 Å². The highest BCUT2D eigenvalue weighted by atomic mass is 32.2. The molecule has 2 saturated heterocycles. The predicted octanol–water partition coefficient (Wildman–Crippen LogP) is -1.06. The van der Waals surface area contributed by atoms with E-state index < -0.39 is 24.1 Å². The Kier molecular flexibility index (Phi) is 5.40. The van der Waals surface area contributed by atoms with Crippen molar-refractivity contribution in [2.45, 2.75) is 49.3 Å². The molecule has 3 rings (SSSR count). The lowest BCUT2D eigenvalue weighted by molar-refractivity contribution is -0.161. The smallest absolute Gasteiger partial charge is 0.353 e. The third-order valence-electron chi connectivity index (χ3n) is 5.20. The summed E-state index contributed by atoms with van der Waals surface area (Å²) in [6.07, 6.45) is -0.0495. The van der Waals surface area contributed by atoms with Crippen molar-refractivity contribution >= 4 is 23.6 Å². The van der Waals surface area contributed by atoms with E-state index in [9.17, 15) is 24.9 Å². The Bertz CT molecular complexity index is 596. The van der Waals surface area contributed by atoms with Crippen molar-refractivity contribution in [1.82, 2.24) is 15.5 Å². The number of aliphatic hydroxyl groups is 2. The molecule has 6 atom stereocenters. The summed E-state index contributed by atoms with van der Waals surface area (Å²) < 4.78 is 0. The minimum atomic E-state index is -1.10. The zero-order chi connectivity index (χ0) is 18.3. The summed E-state index contributed by atoms with van der Waals surface area (Å²) in [5.74, 6) is -1.92. The molecule has 0 aromatic carbocycles. The molecule has 3 heterocycles. The predicted molar refractivity (Wildman–Crippen MR) is 92.8 cm³/mol. The van der Waals surface area contributed by atoms with Gasteiger partial charge in [-0.2, -0.15) is 0 Å². The van der Waals surface area contributed by atoms with Gasteiger partial charge in [-0.15, -0.1) is 11.8 Å². The van der Waals surface area contributed by atoms with Crippen LogP contribution in [0.3, 0.4) is 0 Å². The maximum atomic E-state index is 12.2. The molecule has 8 nitrogen and oxygen atoms in total. The second kappa shape index (κ2) is 7.24. The fraction of sp³-hybridized carbons (Fsp3) is 0.750. The third-order valence-corrected chi connectivity index (χ3v) is 6.54. The summed E-state index contributed by atoms with van der Waals surface area (Å²) in [7, 11) is 1.78. The Morgan fingerprint density at radius 3 is 2.80 bits per heavy atom. The monoisotopic (exact) mass is 371 g/mol. The fourth-order valence-electron chi connectivity index (χ4n) is 4.00. The molecule has 5 N–H and O–H groups in total. The average molecular weight is 371 g/mol. The van der Waals surface area contributed by atoms with Crippen LogP contribution in [-0.4, -0.2) is 81.8 Å². The topological polar surface area (TPSA) is 122 Å². The molecule has 25 heavy (non-hydrogen) atoms. The molecule has 0 spiro atoms. The molecule has 0 aromatic heterocycles. The first-order valence-corrected chi connectivity index (χ1v) is 9.43. The van der Waals surface area contributed by atoms with E-state index in [0.29, 0.717) is 24.4 Å². The van der Waals surface area contributed by atoms with E-state index in [1.54, 1.807) is 14.0 Å². The highest BCUT2D eigenvalue weighted by molar-refractivity contribution is 8.03. The summed E-state index contributed by atoms with van der Waals surface area (Å²) in [5, 5.41) is 35.8. The van der Waals surface area contributed by atoms with Gasteiger partial charge in [-0.25, -0.2) is 4.79 Å². The number of likely N-dealkylation sites (N-methyl/N-ethyl adjacent to an activating group) is 1. The molecule has 3 aliphatic rings. The lowest BCUT2D eigenvalue weighted by Gasteiger charge is -2.44. The summed E-state index contributed by atoms with van der Waals surface area (Å²) in [6.45, 7) is 2.75. The van der Waals surface area contributed by atoms with Gasteiger partial charge in [0.25, 0.3) is 0 Å². The molecule has 0 radical (unpaired) electrons. The summed E-state index contributed by atoms with van der Waals surface area (Å²) in [6, 6.07) is -0.273. The van der Waals surface area contributed by atoms with E-state index in [0.717, 1.165) is 6.42 Å². The second-order valence-electron chi connectivity index (χ2n) is 6.94. The first-order chi connectivity index (χ1) is 11.8. The Morgan fingerprint density at radius 2 is 2.20 bits per heavy atom. The van der Waals surface area contributed by atoms with Crippen molar-refractivity contribution in [3.8, 4) is 0 Å². The number of carbonyl (C=O) groups is 2. The number of aliphatic carboxylic acids is 1. The molecule has 140 valence electrons. The SMILES string of the molecule is CNC[C@H](O)[C@@H]1C[C@H](SC2=C(C(=O)O)N3C(=O)[C@H]([C@@H](C)O)[C@H]3C2)CN1. The molecule has 1 amide bonds. The first kappa shape index (κ1) is 18.7. The number of nitrogens with zero attached hydrogens (tertiary/aromatic N) is 1. The van der Waals surface area contributed by atoms with E-state index in [4.69, 9.17) is 0 Å². The van der Waals surface area contributed by atoms with Gasteiger partial charge in [-0.3, -0.25) is 4.79 Å². The number of thioether (sulfide) groups is 1. The summed E-state index contributed by atoms with van der Waals surface area (Å²) in [5.41, 5.74) is 0.0659. The number of carbonyl (C=O) groups excluding carboxylic acids is 1. The molecular weight excluding hydrogens is 346 g/mol. The van der Waals surface area contributed by atoms with Crippen molar-refractivity contribution in [3.05, 3.63) is 10.6 Å². The molecule has 3 aliphatic heterocycles. The standard InChI is InChI=1S/C16H25N3O5S/c1-7(20)13-10-4-12(14(16(23)24)19(10)15(13)22)25-8-3-9(18-5-8)11(21)6-17-2/h7-11,13,17-18,20-21H,3-6H2,1-2H3,(H,23,24)/t7-,8+,9+,10-,11+,13-/m1/s1. The van der Waals surface area contributed by atoms with Crippen molar-refractivity contribution < 1.29 is 24.9 Å². The van der Waals surface area contributed by atoms with Crippen LogP contribution >= 0.6 is 11.8 Å². The van der Waals surface area contributed by atoms with Crippen molar-refractivity contribution in [3.63, 3.8) is 0 Å². The summed E-state index contributed by atoms with van der Waals surface area (Å²) in [4.78, 5) is 25.9. The number of aliphatic hydroxyl groups excluding tert-OH is 2. The van der Waals surface area contributed by atoms with Crippen molar-refractivity contribution in [1.29, 1.82) is 0 Å². The van der Waals surface area contributed by atoms with Gasteiger partial charge in [0.05, 0.1) is 24.2 Å². The molecular formula is C16H25N3O5S. The molecule has 2 fully saturated rings. The molecule has 0 saturated carbocycles. The van der Waals surface area contributed by atoms with E-state index in [1.165, 1.54) is 16.7 Å². The van der Waals surface area contributed by atoms with Crippen LogP contribution in [0.5, 0.6) is 0 Å². The molecule has 0 aromatic rings. The third kappa shape index (κ3) is 3.31. The number of nitrogens with one attached hydrogen (secondary N) is 2. The van der Waals surface area contributed by atoms with E-state index in [2.05, 4.69) is 10.6 Å². The van der Waals surface area contributed by atoms with Gasteiger partial charge in [-0.05, 0) is 20.4 Å². The van der Waals surface area contributed by atoms with Crippen LogP contribution in [0.25, 0.3) is 0 Å². The Morgan fingerprint density at radius 1 is 1.48 bits per heavy atom. The number of carboxylic acids is 1.